The summed E-state index contributed by atoms with van der Waals surface area (Å²) in [6.07, 6.45) is 3.82. The van der Waals surface area contributed by atoms with E-state index in [2.05, 4.69) is 15.9 Å². The molecule has 17 heavy (non-hydrogen) atoms. The number of carbonyl (C=O) groups excluding carboxylic acids is 2. The Kier molecular flexibility index (Phi) is 3.79. The predicted octanol–water partition coefficient (Wildman–Crippen LogP) is 2.71. The normalized spacial score (nSPS) is 13.9. The van der Waals surface area contributed by atoms with Crippen molar-refractivity contribution in [1.29, 1.82) is 0 Å². The Morgan fingerprint density at radius 3 is 2.88 bits per heavy atom. The third-order valence-electron chi connectivity index (χ3n) is 2.62. The Balaban J connectivity index is 2.26. The molecule has 0 saturated carbocycles. The number of methoxy groups -OCH3 is 1. The van der Waals surface area contributed by atoms with Gasteiger partial charge < -0.3 is 4.74 Å². The Hall–Kier alpha value is -0.940. The molecule has 1 aromatic rings. The van der Waals surface area contributed by atoms with Crippen LogP contribution in [0.1, 0.15) is 21.7 Å². The number of esters is 1. The fourth-order valence-corrected chi connectivity index (χ4v) is 3.50. The zero-order valence-corrected chi connectivity index (χ0v) is 11.7. The van der Waals surface area contributed by atoms with Crippen molar-refractivity contribution in [2.45, 2.75) is 19.3 Å². The summed E-state index contributed by atoms with van der Waals surface area (Å²) >= 11 is 4.49. The van der Waals surface area contributed by atoms with Crippen molar-refractivity contribution in [3.8, 4) is 0 Å². The van der Waals surface area contributed by atoms with Gasteiger partial charge in [0.2, 0.25) is 4.69 Å². The number of rotatable bonds is 3. The molecule has 0 fully saturated rings. The highest BCUT2D eigenvalue weighted by Crippen LogP contribution is 2.32. The van der Waals surface area contributed by atoms with Gasteiger partial charge in [0.1, 0.15) is 0 Å². The molecule has 0 spiro atoms. The Morgan fingerprint density at radius 2 is 2.24 bits per heavy atom. The van der Waals surface area contributed by atoms with Crippen LogP contribution < -0.4 is 0 Å². The van der Waals surface area contributed by atoms with Crippen LogP contribution in [0.2, 0.25) is 0 Å². The minimum atomic E-state index is -0.262. The van der Waals surface area contributed by atoms with Gasteiger partial charge in [-0.2, -0.15) is 0 Å². The molecule has 0 aliphatic heterocycles. The average molecular weight is 315 g/mol. The van der Waals surface area contributed by atoms with Crippen molar-refractivity contribution >= 4 is 44.0 Å². The smallest absolute Gasteiger partial charge is 0.333 e. The van der Waals surface area contributed by atoms with Crippen LogP contribution in [-0.2, 0) is 27.2 Å². The molecule has 2 rings (SSSR count). The number of carbonyl (C=O) groups is 2. The monoisotopic (exact) mass is 314 g/mol. The second kappa shape index (κ2) is 5.14. The third-order valence-corrected chi connectivity index (χ3v) is 4.03. The highest BCUT2D eigenvalue weighted by atomic mass is 79.9. The molecule has 5 heteroatoms. The molecule has 0 unspecified atom stereocenters. The first-order valence-electron chi connectivity index (χ1n) is 5.19. The van der Waals surface area contributed by atoms with Gasteiger partial charge in [0.05, 0.1) is 13.5 Å². The summed E-state index contributed by atoms with van der Waals surface area (Å²) in [5, 5.41) is 0. The van der Waals surface area contributed by atoms with Crippen LogP contribution in [-0.4, -0.2) is 17.8 Å². The minimum Gasteiger partial charge on any atom is -0.466 e. The number of aryl methyl sites for hydroxylation is 1. The number of thiophene rings is 1. The summed E-state index contributed by atoms with van der Waals surface area (Å²) in [7, 11) is 1.39. The van der Waals surface area contributed by atoms with Gasteiger partial charge in [-0.05, 0) is 46.5 Å². The van der Waals surface area contributed by atoms with E-state index in [9.17, 15) is 9.59 Å². The number of hydrogen-bond donors (Lipinski definition) is 0. The van der Waals surface area contributed by atoms with Crippen LogP contribution in [0.15, 0.2) is 11.6 Å². The standard InChI is InChI=1S/C12H11BrO3S/c1-16-12(15)8-3-2-7-4-9(6-11(13)14)17-10(7)5-8/h4-5H,2-3,6H2,1H3. The fourth-order valence-electron chi connectivity index (χ4n) is 1.84. The van der Waals surface area contributed by atoms with E-state index in [0.717, 1.165) is 16.2 Å². The topological polar surface area (TPSA) is 43.4 Å². The van der Waals surface area contributed by atoms with Gasteiger partial charge in [-0.1, -0.05) is 0 Å². The second-order valence-corrected chi connectivity index (χ2v) is 5.85. The SMILES string of the molecule is COC(=O)C1=Cc2sc(CC(=O)Br)cc2CC1. The molecule has 0 atom stereocenters. The summed E-state index contributed by atoms with van der Waals surface area (Å²) < 4.78 is 4.69. The summed E-state index contributed by atoms with van der Waals surface area (Å²) in [6.45, 7) is 0. The number of ether oxygens (including phenoxy) is 1. The highest BCUT2D eigenvalue weighted by Gasteiger charge is 2.19. The lowest BCUT2D eigenvalue weighted by Gasteiger charge is -2.10. The second-order valence-electron chi connectivity index (χ2n) is 3.80. The van der Waals surface area contributed by atoms with Crippen molar-refractivity contribution in [2.75, 3.05) is 7.11 Å². The Labute approximate surface area is 112 Å². The van der Waals surface area contributed by atoms with E-state index in [-0.39, 0.29) is 10.7 Å². The molecule has 1 aliphatic rings. The molecule has 1 aliphatic carbocycles. The van der Waals surface area contributed by atoms with E-state index in [0.29, 0.717) is 18.4 Å². The van der Waals surface area contributed by atoms with Gasteiger partial charge >= 0.3 is 5.97 Å². The first kappa shape index (κ1) is 12.5. The lowest BCUT2D eigenvalue weighted by molar-refractivity contribution is -0.136. The zero-order valence-electron chi connectivity index (χ0n) is 9.29. The maximum absolute atomic E-state index is 11.4. The van der Waals surface area contributed by atoms with Gasteiger partial charge in [0, 0.05) is 15.3 Å². The molecule has 0 bridgehead atoms. The van der Waals surface area contributed by atoms with E-state index in [4.69, 9.17) is 4.74 Å². The quantitative estimate of drug-likeness (QED) is 0.636. The highest BCUT2D eigenvalue weighted by molar-refractivity contribution is 9.18. The van der Waals surface area contributed by atoms with Crippen LogP contribution >= 0.6 is 27.3 Å². The van der Waals surface area contributed by atoms with E-state index >= 15 is 0 Å². The van der Waals surface area contributed by atoms with E-state index in [1.165, 1.54) is 12.7 Å². The van der Waals surface area contributed by atoms with Crippen molar-refractivity contribution in [3.05, 3.63) is 27.0 Å². The third kappa shape index (κ3) is 2.84. The van der Waals surface area contributed by atoms with Gasteiger partial charge in [-0.3, -0.25) is 4.79 Å². The van der Waals surface area contributed by atoms with Crippen LogP contribution in [0.3, 0.4) is 0 Å². The molecule has 0 radical (unpaired) electrons. The van der Waals surface area contributed by atoms with Crippen LogP contribution in [0.25, 0.3) is 6.08 Å². The molecule has 1 heterocycles. The summed E-state index contributed by atoms with van der Waals surface area (Å²) in [5.41, 5.74) is 1.92. The lowest BCUT2D eigenvalue weighted by Crippen LogP contribution is -2.08. The van der Waals surface area contributed by atoms with Crippen LogP contribution in [0.5, 0.6) is 0 Å². The molecule has 0 saturated heterocycles. The Bertz CT molecular complexity index is 502. The lowest BCUT2D eigenvalue weighted by atomic mass is 9.98. The van der Waals surface area contributed by atoms with Crippen molar-refractivity contribution in [3.63, 3.8) is 0 Å². The predicted molar refractivity (Wildman–Crippen MR) is 70.3 cm³/mol. The number of hydrogen-bond acceptors (Lipinski definition) is 4. The van der Waals surface area contributed by atoms with E-state index in [1.807, 2.05) is 12.1 Å². The van der Waals surface area contributed by atoms with Gasteiger partial charge in [0.25, 0.3) is 0 Å². The zero-order chi connectivity index (χ0) is 12.4. The van der Waals surface area contributed by atoms with Crippen molar-refractivity contribution < 1.29 is 14.3 Å². The number of fused-ring (bicyclic) bond motifs is 1. The van der Waals surface area contributed by atoms with Gasteiger partial charge in [0.15, 0.2) is 0 Å². The molecule has 3 nitrogen and oxygen atoms in total. The molecule has 0 amide bonds. The molecular weight excluding hydrogens is 304 g/mol. The maximum Gasteiger partial charge on any atom is 0.333 e. The molecule has 1 aromatic heterocycles. The van der Waals surface area contributed by atoms with Gasteiger partial charge in [-0.25, -0.2) is 4.79 Å². The molecule has 90 valence electrons. The van der Waals surface area contributed by atoms with E-state index < -0.39 is 0 Å². The summed E-state index contributed by atoms with van der Waals surface area (Å²) in [5.74, 6) is -0.262. The average Bonchev–Trinajstić information content (AvgIpc) is 2.67. The summed E-state index contributed by atoms with van der Waals surface area (Å²) in [6, 6.07) is 2.05. The molecular formula is C12H11BrO3S. The first-order valence-corrected chi connectivity index (χ1v) is 6.80. The molecule has 0 aromatic carbocycles. The van der Waals surface area contributed by atoms with Crippen molar-refractivity contribution in [2.24, 2.45) is 0 Å². The number of halogens is 1. The summed E-state index contributed by atoms with van der Waals surface area (Å²) in [4.78, 5) is 24.5. The largest absolute Gasteiger partial charge is 0.466 e. The first-order chi connectivity index (χ1) is 8.10. The van der Waals surface area contributed by atoms with Crippen LogP contribution in [0, 0.1) is 0 Å². The van der Waals surface area contributed by atoms with E-state index in [1.54, 1.807) is 11.3 Å². The van der Waals surface area contributed by atoms with Crippen molar-refractivity contribution in [1.82, 2.24) is 0 Å². The molecule has 0 N–H and O–H groups in total. The Morgan fingerprint density at radius 1 is 1.47 bits per heavy atom. The fraction of sp³-hybridized carbons (Fsp3) is 0.333. The maximum atomic E-state index is 11.4. The van der Waals surface area contributed by atoms with Crippen LogP contribution in [0.4, 0.5) is 0 Å². The van der Waals surface area contributed by atoms with Gasteiger partial charge in [-0.15, -0.1) is 11.3 Å². The minimum absolute atomic E-state index is 0.0201.